The van der Waals surface area contributed by atoms with E-state index in [1.165, 1.54) is 56.3 Å². The first-order chi connectivity index (χ1) is 6.24. The Morgan fingerprint density at radius 3 is 0.929 bits per heavy atom. The van der Waals surface area contributed by atoms with E-state index in [0.717, 1.165) is 0 Å². The van der Waals surface area contributed by atoms with Gasteiger partial charge in [-0.15, -0.1) is 0 Å². The maximum atomic E-state index is 2.31. The zero-order valence-electron chi connectivity index (χ0n) is 10.1. The topological polar surface area (TPSA) is 0 Å². The van der Waals surface area contributed by atoms with Crippen molar-refractivity contribution >= 4 is 51.4 Å². The fourth-order valence-electron chi connectivity index (χ4n) is 2.57. The summed E-state index contributed by atoms with van der Waals surface area (Å²) in [7, 11) is 0. The van der Waals surface area contributed by atoms with Crippen LogP contribution >= 0.6 is 0 Å². The van der Waals surface area contributed by atoms with Crippen LogP contribution in [0.1, 0.15) is 53.4 Å². The predicted molar refractivity (Wildman–Crippen MR) is 68.0 cm³/mol. The van der Waals surface area contributed by atoms with Crippen LogP contribution < -0.4 is 0 Å². The molecule has 0 aromatic rings. The zero-order valence-corrected chi connectivity index (χ0v) is 10.1. The maximum absolute atomic E-state index is 2.31. The van der Waals surface area contributed by atoms with Crippen LogP contribution in [0, 0.1) is 0 Å². The number of hydrogen-bond acceptors (Lipinski definition) is 0. The summed E-state index contributed by atoms with van der Waals surface area (Å²) in [4.78, 5) is 0. The molecule has 0 radical (unpaired) electrons. The Balaban J connectivity index is 0. The van der Waals surface area contributed by atoms with Gasteiger partial charge in [-0.2, -0.15) is 0 Å². The molecule has 0 atom stereocenters. The zero-order chi connectivity index (χ0) is 10.2. The second-order valence-electron chi connectivity index (χ2n) is 4.24. The van der Waals surface area contributed by atoms with E-state index in [1.54, 1.807) is 0 Å². The second-order valence-corrected chi connectivity index (χ2v) is 4.24. The average Bonchev–Trinajstić information content (AvgIpc) is 2.06. The minimum atomic E-state index is 0. The Bertz CT molecular complexity index is 85.4. The number of hydrogen-bond donors (Lipinski definition) is 0. The van der Waals surface area contributed by atoms with E-state index in [4.69, 9.17) is 0 Å². The van der Waals surface area contributed by atoms with Gasteiger partial charge in [0.1, 0.15) is 0 Å². The average molecular weight is 226 g/mol. The Morgan fingerprint density at radius 2 is 0.786 bits per heavy atom. The van der Waals surface area contributed by atoms with E-state index in [-0.39, 0.29) is 51.4 Å². The molecule has 0 spiro atoms. The molecule has 0 aliphatic carbocycles. The van der Waals surface area contributed by atoms with Crippen molar-refractivity contribution < 1.29 is 4.48 Å². The van der Waals surface area contributed by atoms with Crippen molar-refractivity contribution in [2.45, 2.75) is 53.4 Å². The third kappa shape index (κ3) is 6.97. The van der Waals surface area contributed by atoms with Gasteiger partial charge in [0.25, 0.3) is 0 Å². The molecular weight excluding hydrogens is 197 g/mol. The molecule has 0 saturated carbocycles. The van der Waals surface area contributed by atoms with E-state index < -0.39 is 0 Å². The molecular formula is C12H29KN+. The molecule has 0 aromatic carbocycles. The van der Waals surface area contributed by atoms with Crippen LogP contribution in [0.5, 0.6) is 0 Å². The van der Waals surface area contributed by atoms with Crippen molar-refractivity contribution in [3.8, 4) is 0 Å². The van der Waals surface area contributed by atoms with Gasteiger partial charge < -0.3 is 4.48 Å². The Morgan fingerprint density at radius 1 is 0.571 bits per heavy atom. The second kappa shape index (κ2) is 11.1. The normalized spacial score (nSPS) is 11.1. The van der Waals surface area contributed by atoms with Crippen LogP contribution in [0.3, 0.4) is 0 Å². The molecule has 0 bridgehead atoms. The van der Waals surface area contributed by atoms with E-state index in [9.17, 15) is 0 Å². The molecule has 0 heterocycles. The van der Waals surface area contributed by atoms with Gasteiger partial charge in [0, 0.05) is 0 Å². The summed E-state index contributed by atoms with van der Waals surface area (Å²) in [5, 5.41) is 0. The van der Waals surface area contributed by atoms with E-state index >= 15 is 0 Å². The molecule has 0 aromatic heterocycles. The van der Waals surface area contributed by atoms with Crippen molar-refractivity contribution in [1.82, 2.24) is 0 Å². The van der Waals surface area contributed by atoms with Crippen molar-refractivity contribution in [3.05, 3.63) is 0 Å². The van der Waals surface area contributed by atoms with Gasteiger partial charge in [-0.05, 0) is 25.7 Å². The van der Waals surface area contributed by atoms with Crippen LogP contribution in [0.2, 0.25) is 0 Å². The van der Waals surface area contributed by atoms with Crippen molar-refractivity contribution in [3.63, 3.8) is 0 Å². The summed E-state index contributed by atoms with van der Waals surface area (Å²) in [5.41, 5.74) is 0. The quantitative estimate of drug-likeness (QED) is 0.441. The number of quaternary nitrogens is 1. The molecule has 0 aliphatic rings. The third-order valence-electron chi connectivity index (χ3n) is 2.79. The number of rotatable bonds is 8. The molecule has 0 amide bonds. The first kappa shape index (κ1) is 18.0. The molecule has 82 valence electrons. The van der Waals surface area contributed by atoms with Gasteiger partial charge >= 0.3 is 51.4 Å². The molecule has 14 heavy (non-hydrogen) atoms. The fraction of sp³-hybridized carbons (Fsp3) is 1.00. The summed E-state index contributed by atoms with van der Waals surface area (Å²) in [6.45, 7) is 14.8. The molecule has 1 nitrogen and oxygen atoms in total. The van der Waals surface area contributed by atoms with Crippen molar-refractivity contribution in [2.24, 2.45) is 0 Å². The molecule has 0 unspecified atom stereocenters. The monoisotopic (exact) mass is 226 g/mol. The van der Waals surface area contributed by atoms with Crippen molar-refractivity contribution in [1.29, 1.82) is 0 Å². The molecule has 0 aliphatic heterocycles. The predicted octanol–water partition coefficient (Wildman–Crippen LogP) is 2.79. The van der Waals surface area contributed by atoms with Crippen LogP contribution in [-0.2, 0) is 0 Å². The fourth-order valence-corrected chi connectivity index (χ4v) is 2.57. The standard InChI is InChI=1S/C12H28N.K.H/c1-5-9-13(10-6-2,11-7-3)12-8-4;;/h5-12H2,1-4H3;;/q+1;;. The summed E-state index contributed by atoms with van der Waals surface area (Å²) in [6, 6.07) is 0. The first-order valence-electron chi connectivity index (χ1n) is 6.09. The van der Waals surface area contributed by atoms with Crippen LogP contribution in [-0.4, -0.2) is 82.0 Å². The Kier molecular flexibility index (Phi) is 14.2. The summed E-state index contributed by atoms with van der Waals surface area (Å²) in [5.74, 6) is 0. The van der Waals surface area contributed by atoms with Gasteiger partial charge in [0.05, 0.1) is 26.2 Å². The Hall–Kier alpha value is 1.60. The van der Waals surface area contributed by atoms with E-state index in [1.807, 2.05) is 0 Å². The van der Waals surface area contributed by atoms with E-state index in [0.29, 0.717) is 0 Å². The third-order valence-corrected chi connectivity index (χ3v) is 2.79. The number of nitrogens with zero attached hydrogens (tertiary/aromatic N) is 1. The molecule has 0 rings (SSSR count). The van der Waals surface area contributed by atoms with Gasteiger partial charge in [-0.25, -0.2) is 0 Å². The van der Waals surface area contributed by atoms with Gasteiger partial charge in [-0.3, -0.25) is 0 Å². The van der Waals surface area contributed by atoms with Gasteiger partial charge in [0.2, 0.25) is 0 Å². The first-order valence-corrected chi connectivity index (χ1v) is 6.09. The van der Waals surface area contributed by atoms with Crippen molar-refractivity contribution in [2.75, 3.05) is 26.2 Å². The van der Waals surface area contributed by atoms with Gasteiger partial charge in [-0.1, -0.05) is 27.7 Å². The molecule has 0 saturated heterocycles. The summed E-state index contributed by atoms with van der Waals surface area (Å²) in [6.07, 6.45) is 5.33. The minimum absolute atomic E-state index is 0. The molecule has 2 heteroatoms. The SMILES string of the molecule is CCC[N+](CCC)(CCC)CCC.[KH]. The molecule has 0 N–H and O–H groups in total. The summed E-state index contributed by atoms with van der Waals surface area (Å²) >= 11 is 0. The summed E-state index contributed by atoms with van der Waals surface area (Å²) < 4.78 is 1.38. The van der Waals surface area contributed by atoms with E-state index in [2.05, 4.69) is 27.7 Å². The van der Waals surface area contributed by atoms with Crippen LogP contribution in [0.4, 0.5) is 0 Å². The Labute approximate surface area is 134 Å². The van der Waals surface area contributed by atoms with Crippen LogP contribution in [0.15, 0.2) is 0 Å². The van der Waals surface area contributed by atoms with Gasteiger partial charge in [0.15, 0.2) is 0 Å². The van der Waals surface area contributed by atoms with Crippen LogP contribution in [0.25, 0.3) is 0 Å². The molecule has 0 fully saturated rings.